The van der Waals surface area contributed by atoms with E-state index in [1.54, 1.807) is 0 Å². The van der Waals surface area contributed by atoms with Crippen molar-refractivity contribution in [3.8, 4) is 5.75 Å². The third-order valence-electron chi connectivity index (χ3n) is 3.62. The zero-order valence-corrected chi connectivity index (χ0v) is 16.3. The predicted molar refractivity (Wildman–Crippen MR) is 101 cm³/mol. The lowest BCUT2D eigenvalue weighted by Gasteiger charge is -2.13. The maximum Gasteiger partial charge on any atom is 0.262 e. The molecule has 0 radical (unpaired) electrons. The first-order chi connectivity index (χ1) is 11.0. The molecule has 1 amide bonds. The molecule has 0 aliphatic heterocycles. The maximum absolute atomic E-state index is 11.9. The molecule has 122 valence electrons. The van der Waals surface area contributed by atoms with Crippen LogP contribution in [0.1, 0.15) is 31.7 Å². The van der Waals surface area contributed by atoms with E-state index in [0.29, 0.717) is 11.7 Å². The molecule has 3 nitrogen and oxygen atoms in total. The van der Waals surface area contributed by atoms with Crippen LogP contribution in [0.25, 0.3) is 0 Å². The van der Waals surface area contributed by atoms with Gasteiger partial charge >= 0.3 is 0 Å². The van der Waals surface area contributed by atoms with E-state index in [2.05, 4.69) is 57.1 Å². The normalized spacial score (nSPS) is 11.8. The fourth-order valence-electron chi connectivity index (χ4n) is 2.05. The highest BCUT2D eigenvalue weighted by atomic mass is 79.9. The highest BCUT2D eigenvalue weighted by Crippen LogP contribution is 2.30. The Morgan fingerprint density at radius 1 is 1.17 bits per heavy atom. The molecule has 0 saturated heterocycles. The van der Waals surface area contributed by atoms with Gasteiger partial charge in [-0.15, -0.1) is 0 Å². The molecule has 0 saturated carbocycles. The molecule has 0 fully saturated rings. The van der Waals surface area contributed by atoms with E-state index in [4.69, 9.17) is 4.74 Å². The lowest BCUT2D eigenvalue weighted by Crippen LogP contribution is -2.20. The number of carbonyl (C=O) groups is 1. The summed E-state index contributed by atoms with van der Waals surface area (Å²) in [5.74, 6) is 0.981. The van der Waals surface area contributed by atoms with Crippen LogP contribution in [0, 0.1) is 0 Å². The summed E-state index contributed by atoms with van der Waals surface area (Å²) in [6, 6.07) is 13.4. The van der Waals surface area contributed by atoms with Crippen molar-refractivity contribution in [3.63, 3.8) is 0 Å². The molecule has 1 unspecified atom stereocenters. The summed E-state index contributed by atoms with van der Waals surface area (Å²) in [5, 5.41) is 2.80. The SMILES string of the molecule is CCC(C)c1ccc(OCC(=O)Nc2ccc(Br)cc2)c(Br)c1. The summed E-state index contributed by atoms with van der Waals surface area (Å²) in [5.41, 5.74) is 2.00. The van der Waals surface area contributed by atoms with Gasteiger partial charge < -0.3 is 10.1 Å². The number of nitrogens with one attached hydrogen (secondary N) is 1. The minimum absolute atomic E-state index is 0.0304. The lowest BCUT2D eigenvalue weighted by molar-refractivity contribution is -0.118. The van der Waals surface area contributed by atoms with Gasteiger partial charge in [0.2, 0.25) is 0 Å². The smallest absolute Gasteiger partial charge is 0.262 e. The van der Waals surface area contributed by atoms with E-state index in [1.165, 1.54) is 5.56 Å². The first-order valence-electron chi connectivity index (χ1n) is 7.47. The van der Waals surface area contributed by atoms with Gasteiger partial charge in [0.25, 0.3) is 5.91 Å². The number of carbonyl (C=O) groups excluding carboxylic acids is 1. The second-order valence-corrected chi connectivity index (χ2v) is 7.11. The van der Waals surface area contributed by atoms with Gasteiger partial charge in [-0.05, 0) is 70.2 Å². The van der Waals surface area contributed by atoms with Crippen LogP contribution in [0.4, 0.5) is 5.69 Å². The molecule has 0 heterocycles. The van der Waals surface area contributed by atoms with Crippen LogP contribution in [0.5, 0.6) is 5.75 Å². The van der Waals surface area contributed by atoms with Crippen molar-refractivity contribution in [1.82, 2.24) is 0 Å². The Hall–Kier alpha value is -1.33. The summed E-state index contributed by atoms with van der Waals surface area (Å²) in [7, 11) is 0. The van der Waals surface area contributed by atoms with Crippen LogP contribution >= 0.6 is 31.9 Å². The largest absolute Gasteiger partial charge is 0.483 e. The Bertz CT molecular complexity index is 671. The summed E-state index contributed by atoms with van der Waals surface area (Å²) >= 11 is 6.87. The summed E-state index contributed by atoms with van der Waals surface area (Å²) in [4.78, 5) is 11.9. The Balaban J connectivity index is 1.92. The third-order valence-corrected chi connectivity index (χ3v) is 4.77. The molecule has 0 bridgehead atoms. The fraction of sp³-hybridized carbons (Fsp3) is 0.278. The third kappa shape index (κ3) is 5.36. The number of rotatable bonds is 6. The molecule has 23 heavy (non-hydrogen) atoms. The van der Waals surface area contributed by atoms with Gasteiger partial charge in [-0.3, -0.25) is 4.79 Å². The van der Waals surface area contributed by atoms with Crippen LogP contribution in [0.3, 0.4) is 0 Å². The molecule has 1 N–H and O–H groups in total. The molecular formula is C18H19Br2NO2. The van der Waals surface area contributed by atoms with Gasteiger partial charge in [0.1, 0.15) is 5.75 Å². The molecular weight excluding hydrogens is 422 g/mol. The van der Waals surface area contributed by atoms with E-state index in [9.17, 15) is 4.79 Å². The van der Waals surface area contributed by atoms with Gasteiger partial charge in [-0.25, -0.2) is 0 Å². The number of ether oxygens (including phenoxy) is 1. The van der Waals surface area contributed by atoms with Crippen molar-refractivity contribution in [3.05, 3.63) is 57.0 Å². The number of halogens is 2. The van der Waals surface area contributed by atoms with Crippen molar-refractivity contribution in [1.29, 1.82) is 0 Å². The van der Waals surface area contributed by atoms with E-state index < -0.39 is 0 Å². The average molecular weight is 441 g/mol. The second-order valence-electron chi connectivity index (χ2n) is 5.34. The molecule has 0 aliphatic carbocycles. The van der Waals surface area contributed by atoms with Crippen LogP contribution in [-0.4, -0.2) is 12.5 Å². The molecule has 1 atom stereocenters. The zero-order valence-electron chi connectivity index (χ0n) is 13.1. The monoisotopic (exact) mass is 439 g/mol. The Morgan fingerprint density at radius 3 is 2.48 bits per heavy atom. The summed E-state index contributed by atoms with van der Waals surface area (Å²) in [6.45, 7) is 4.32. The number of amides is 1. The number of hydrogen-bond acceptors (Lipinski definition) is 2. The van der Waals surface area contributed by atoms with Crippen LogP contribution in [0.15, 0.2) is 51.4 Å². The minimum atomic E-state index is -0.190. The van der Waals surface area contributed by atoms with E-state index in [-0.39, 0.29) is 12.5 Å². The van der Waals surface area contributed by atoms with Crippen molar-refractivity contribution in [2.24, 2.45) is 0 Å². The van der Waals surface area contributed by atoms with Gasteiger partial charge in [0.05, 0.1) is 4.47 Å². The molecule has 0 aromatic heterocycles. The van der Waals surface area contributed by atoms with Crippen molar-refractivity contribution in [2.45, 2.75) is 26.2 Å². The first-order valence-corrected chi connectivity index (χ1v) is 9.06. The van der Waals surface area contributed by atoms with E-state index >= 15 is 0 Å². The van der Waals surface area contributed by atoms with E-state index in [1.807, 2.05) is 36.4 Å². The Morgan fingerprint density at radius 2 is 1.87 bits per heavy atom. The molecule has 2 aromatic rings. The Labute approximate surface area is 153 Å². The van der Waals surface area contributed by atoms with Crippen molar-refractivity contribution in [2.75, 3.05) is 11.9 Å². The maximum atomic E-state index is 11.9. The minimum Gasteiger partial charge on any atom is -0.483 e. The highest BCUT2D eigenvalue weighted by Gasteiger charge is 2.09. The summed E-state index contributed by atoms with van der Waals surface area (Å²) in [6.07, 6.45) is 1.09. The van der Waals surface area contributed by atoms with Crippen molar-refractivity contribution >= 4 is 43.5 Å². The fourth-order valence-corrected chi connectivity index (χ4v) is 2.83. The molecule has 2 aromatic carbocycles. The number of benzene rings is 2. The van der Waals surface area contributed by atoms with Gasteiger partial charge in [-0.1, -0.05) is 35.8 Å². The topological polar surface area (TPSA) is 38.3 Å². The average Bonchev–Trinajstić information content (AvgIpc) is 2.55. The molecule has 5 heteroatoms. The summed E-state index contributed by atoms with van der Waals surface area (Å²) < 4.78 is 7.43. The first kappa shape index (κ1) is 18.0. The number of anilines is 1. The standard InChI is InChI=1S/C18H19Br2NO2/c1-3-12(2)13-4-9-17(16(20)10-13)23-11-18(22)21-15-7-5-14(19)6-8-15/h4-10,12H,3,11H2,1-2H3,(H,21,22). The molecule has 0 aliphatic rings. The quantitative estimate of drug-likeness (QED) is 0.621. The second kappa shape index (κ2) is 8.50. The van der Waals surface area contributed by atoms with Gasteiger partial charge in [0.15, 0.2) is 6.61 Å². The number of hydrogen-bond donors (Lipinski definition) is 1. The van der Waals surface area contributed by atoms with Crippen LogP contribution < -0.4 is 10.1 Å². The zero-order chi connectivity index (χ0) is 16.8. The van der Waals surface area contributed by atoms with Gasteiger partial charge in [-0.2, -0.15) is 0 Å². The van der Waals surface area contributed by atoms with E-state index in [0.717, 1.165) is 21.1 Å². The molecule has 0 spiro atoms. The van der Waals surface area contributed by atoms with Gasteiger partial charge in [0, 0.05) is 10.2 Å². The highest BCUT2D eigenvalue weighted by molar-refractivity contribution is 9.10. The predicted octanol–water partition coefficient (Wildman–Crippen LogP) is 5.74. The van der Waals surface area contributed by atoms with Crippen molar-refractivity contribution < 1.29 is 9.53 Å². The Kier molecular flexibility index (Phi) is 6.66. The molecule has 2 rings (SSSR count). The van der Waals surface area contributed by atoms with Crippen LogP contribution in [0.2, 0.25) is 0 Å². The van der Waals surface area contributed by atoms with Crippen LogP contribution in [-0.2, 0) is 4.79 Å². The lowest BCUT2D eigenvalue weighted by atomic mass is 9.99.